The highest BCUT2D eigenvalue weighted by molar-refractivity contribution is 14.1. The third-order valence-corrected chi connectivity index (χ3v) is 3.85. The molecule has 0 saturated carbocycles. The lowest BCUT2D eigenvalue weighted by atomic mass is 10.1. The third-order valence-electron chi connectivity index (χ3n) is 3.00. The number of methoxy groups -OCH3 is 2. The van der Waals surface area contributed by atoms with Gasteiger partial charge in [-0.25, -0.2) is 0 Å². The van der Waals surface area contributed by atoms with Gasteiger partial charge in [0.2, 0.25) is 0 Å². The number of aryl methyl sites for hydroxylation is 1. The van der Waals surface area contributed by atoms with Crippen molar-refractivity contribution >= 4 is 22.6 Å². The van der Waals surface area contributed by atoms with Gasteiger partial charge in [-0.1, -0.05) is 13.3 Å². The molecule has 4 nitrogen and oxygen atoms in total. The van der Waals surface area contributed by atoms with Gasteiger partial charge in [0.05, 0.1) is 16.8 Å². The summed E-state index contributed by atoms with van der Waals surface area (Å²) in [4.78, 5) is 0. The van der Waals surface area contributed by atoms with Crippen LogP contribution >= 0.6 is 22.6 Å². The molecule has 0 aliphatic rings. The summed E-state index contributed by atoms with van der Waals surface area (Å²) in [6.07, 6.45) is 3.29. The van der Waals surface area contributed by atoms with Crippen LogP contribution in [0.15, 0.2) is 12.1 Å². The Hall–Kier alpha value is -0.530. The van der Waals surface area contributed by atoms with E-state index in [1.165, 1.54) is 5.56 Å². The molecule has 0 saturated heterocycles. The third kappa shape index (κ3) is 6.84. The molecule has 1 aromatic carbocycles. The largest absolute Gasteiger partial charge is 0.491 e. The first-order chi connectivity index (χ1) is 10.2. The van der Waals surface area contributed by atoms with Crippen molar-refractivity contribution in [1.29, 1.82) is 0 Å². The number of halogens is 1. The molecule has 0 radical (unpaired) electrons. The smallest absolute Gasteiger partial charge is 0.133 e. The van der Waals surface area contributed by atoms with Crippen LogP contribution in [0.3, 0.4) is 0 Å². The first-order valence-corrected chi connectivity index (χ1v) is 8.36. The first-order valence-electron chi connectivity index (χ1n) is 7.28. The summed E-state index contributed by atoms with van der Waals surface area (Å²) in [5, 5.41) is 0. The van der Waals surface area contributed by atoms with Gasteiger partial charge in [-0.3, -0.25) is 0 Å². The minimum atomic E-state index is 0.559. The quantitative estimate of drug-likeness (QED) is 0.414. The normalized spacial score (nSPS) is 10.7. The van der Waals surface area contributed by atoms with Crippen molar-refractivity contribution in [1.82, 2.24) is 0 Å². The fraction of sp³-hybridized carbons (Fsp3) is 0.625. The molecule has 0 N–H and O–H groups in total. The van der Waals surface area contributed by atoms with Crippen LogP contribution in [0.2, 0.25) is 0 Å². The van der Waals surface area contributed by atoms with Crippen molar-refractivity contribution in [2.45, 2.75) is 26.2 Å². The monoisotopic (exact) mass is 408 g/mol. The number of ether oxygens (including phenoxy) is 4. The average molecular weight is 408 g/mol. The Bertz CT molecular complexity index is 410. The second kappa shape index (κ2) is 11.1. The maximum absolute atomic E-state index is 5.83. The predicted octanol–water partition coefficient (Wildman–Crippen LogP) is 3.68. The molecule has 0 unspecified atom stereocenters. The second-order valence-electron chi connectivity index (χ2n) is 4.68. The molecule has 0 heterocycles. The van der Waals surface area contributed by atoms with Gasteiger partial charge in [0.25, 0.3) is 0 Å². The number of rotatable bonds is 11. The van der Waals surface area contributed by atoms with Crippen LogP contribution in [0, 0.1) is 3.57 Å². The zero-order chi connectivity index (χ0) is 15.5. The van der Waals surface area contributed by atoms with E-state index >= 15 is 0 Å². The lowest BCUT2D eigenvalue weighted by Gasteiger charge is -2.15. The van der Waals surface area contributed by atoms with E-state index < -0.39 is 0 Å². The fourth-order valence-electron chi connectivity index (χ4n) is 1.85. The van der Waals surface area contributed by atoms with Gasteiger partial charge in [0.1, 0.15) is 24.7 Å². The molecule has 0 fully saturated rings. The summed E-state index contributed by atoms with van der Waals surface area (Å²) in [6, 6.07) is 4.14. The van der Waals surface area contributed by atoms with E-state index in [1.807, 2.05) is 6.07 Å². The molecule has 0 aromatic heterocycles. The molecule has 0 spiro atoms. The Morgan fingerprint density at radius 1 is 0.905 bits per heavy atom. The van der Waals surface area contributed by atoms with E-state index in [0.29, 0.717) is 26.4 Å². The maximum atomic E-state index is 5.83. The van der Waals surface area contributed by atoms with Crippen LogP contribution in [-0.4, -0.2) is 40.6 Å². The predicted molar refractivity (Wildman–Crippen MR) is 92.5 cm³/mol. The zero-order valence-corrected chi connectivity index (χ0v) is 15.3. The van der Waals surface area contributed by atoms with Gasteiger partial charge in [-0.15, -0.1) is 0 Å². The van der Waals surface area contributed by atoms with E-state index in [1.54, 1.807) is 14.2 Å². The van der Waals surface area contributed by atoms with Crippen LogP contribution < -0.4 is 9.47 Å². The van der Waals surface area contributed by atoms with Crippen LogP contribution in [0.5, 0.6) is 11.5 Å². The molecule has 1 rings (SSSR count). The maximum Gasteiger partial charge on any atom is 0.133 e. The molecule has 0 bridgehead atoms. The fourth-order valence-corrected chi connectivity index (χ4v) is 2.45. The molecule has 1 aromatic rings. The number of benzene rings is 1. The molecule has 21 heavy (non-hydrogen) atoms. The standard InChI is InChI=1S/C16H25IO4/c1-4-5-6-13-11-16(21-10-8-19-3)14(17)12-15(13)20-9-7-18-2/h11-12H,4-10H2,1-3H3. The van der Waals surface area contributed by atoms with Gasteiger partial charge < -0.3 is 18.9 Å². The Morgan fingerprint density at radius 2 is 1.52 bits per heavy atom. The van der Waals surface area contributed by atoms with Crippen LogP contribution in [0.25, 0.3) is 0 Å². The van der Waals surface area contributed by atoms with Crippen molar-refractivity contribution in [2.24, 2.45) is 0 Å². The summed E-state index contributed by atoms with van der Waals surface area (Å²) in [5.74, 6) is 1.84. The SMILES string of the molecule is CCCCc1cc(OCCOC)c(I)cc1OCCOC. The van der Waals surface area contributed by atoms with Crippen molar-refractivity contribution in [3.8, 4) is 11.5 Å². The molecule has 120 valence electrons. The minimum absolute atomic E-state index is 0.559. The van der Waals surface area contributed by atoms with Crippen molar-refractivity contribution in [2.75, 3.05) is 40.6 Å². The molecule has 0 aliphatic carbocycles. The Balaban J connectivity index is 2.82. The summed E-state index contributed by atoms with van der Waals surface area (Å²) >= 11 is 2.28. The summed E-state index contributed by atoms with van der Waals surface area (Å²) < 4.78 is 22.7. The van der Waals surface area contributed by atoms with Crippen molar-refractivity contribution in [3.05, 3.63) is 21.3 Å². The van der Waals surface area contributed by atoms with Crippen molar-refractivity contribution < 1.29 is 18.9 Å². The van der Waals surface area contributed by atoms with Gasteiger partial charge >= 0.3 is 0 Å². The van der Waals surface area contributed by atoms with E-state index in [-0.39, 0.29) is 0 Å². The molecular formula is C16H25IO4. The lowest BCUT2D eigenvalue weighted by molar-refractivity contribution is 0.143. The Labute approximate surface area is 141 Å². The van der Waals surface area contributed by atoms with Gasteiger partial charge in [-0.2, -0.15) is 0 Å². The van der Waals surface area contributed by atoms with Gasteiger partial charge in [0, 0.05) is 14.2 Å². The van der Waals surface area contributed by atoms with E-state index in [4.69, 9.17) is 18.9 Å². The Kier molecular flexibility index (Phi) is 9.78. The summed E-state index contributed by atoms with van der Waals surface area (Å²) in [5.41, 5.74) is 1.20. The van der Waals surface area contributed by atoms with E-state index in [9.17, 15) is 0 Å². The average Bonchev–Trinajstić information content (AvgIpc) is 2.48. The first kappa shape index (κ1) is 18.5. The zero-order valence-electron chi connectivity index (χ0n) is 13.1. The van der Waals surface area contributed by atoms with Crippen molar-refractivity contribution in [3.63, 3.8) is 0 Å². The molecule has 5 heteroatoms. The van der Waals surface area contributed by atoms with Crippen LogP contribution in [-0.2, 0) is 15.9 Å². The number of hydrogen-bond acceptors (Lipinski definition) is 4. The summed E-state index contributed by atoms with van der Waals surface area (Å²) in [7, 11) is 3.35. The van der Waals surface area contributed by atoms with Crippen LogP contribution in [0.4, 0.5) is 0 Å². The highest BCUT2D eigenvalue weighted by Gasteiger charge is 2.11. The highest BCUT2D eigenvalue weighted by Crippen LogP contribution is 2.31. The van der Waals surface area contributed by atoms with E-state index in [2.05, 4.69) is 35.6 Å². The lowest BCUT2D eigenvalue weighted by Crippen LogP contribution is -2.08. The number of unbranched alkanes of at least 4 members (excludes halogenated alkanes) is 1. The Morgan fingerprint density at radius 3 is 2.10 bits per heavy atom. The van der Waals surface area contributed by atoms with Gasteiger partial charge in [0.15, 0.2) is 0 Å². The molecule has 0 amide bonds. The minimum Gasteiger partial charge on any atom is -0.491 e. The van der Waals surface area contributed by atoms with Gasteiger partial charge in [-0.05, 0) is 53.1 Å². The topological polar surface area (TPSA) is 36.9 Å². The molecular weight excluding hydrogens is 383 g/mol. The second-order valence-corrected chi connectivity index (χ2v) is 5.84. The molecule has 0 atom stereocenters. The van der Waals surface area contributed by atoms with Crippen LogP contribution in [0.1, 0.15) is 25.3 Å². The molecule has 0 aliphatic heterocycles. The summed E-state index contributed by atoms with van der Waals surface area (Å²) in [6.45, 7) is 4.50. The van der Waals surface area contributed by atoms with E-state index in [0.717, 1.165) is 34.3 Å². The highest BCUT2D eigenvalue weighted by atomic mass is 127. The number of hydrogen-bond donors (Lipinski definition) is 0.